The first-order chi connectivity index (χ1) is 13.3. The Morgan fingerprint density at radius 3 is 2.62 bits per heavy atom. The second-order valence-corrected chi connectivity index (χ2v) is 6.62. The van der Waals surface area contributed by atoms with Gasteiger partial charge in [-0.05, 0) is 31.0 Å². The maximum absolute atomic E-state index is 12.8. The van der Waals surface area contributed by atoms with Crippen molar-refractivity contribution in [2.24, 2.45) is 4.99 Å². The molecular weight excluding hydrogens is 498 g/mol. The average Bonchev–Trinajstić information content (AvgIpc) is 3.12. The maximum Gasteiger partial charge on any atom is 0.416 e. The number of benzene rings is 1. The van der Waals surface area contributed by atoms with Gasteiger partial charge in [0.1, 0.15) is 0 Å². The lowest BCUT2D eigenvalue weighted by Gasteiger charge is -2.11. The van der Waals surface area contributed by atoms with Crippen LogP contribution in [-0.2, 0) is 19.1 Å². The molecule has 0 saturated heterocycles. The number of halogens is 4. The fourth-order valence-corrected chi connectivity index (χ4v) is 2.41. The number of guanidine groups is 1. The van der Waals surface area contributed by atoms with E-state index in [1.807, 2.05) is 20.8 Å². The summed E-state index contributed by atoms with van der Waals surface area (Å²) in [6.07, 6.45) is -2.96. The minimum atomic E-state index is -4.35. The zero-order valence-electron chi connectivity index (χ0n) is 16.7. The Bertz CT molecular complexity index is 777. The van der Waals surface area contributed by atoms with E-state index in [0.29, 0.717) is 42.7 Å². The second-order valence-electron chi connectivity index (χ2n) is 6.62. The Morgan fingerprint density at radius 1 is 1.24 bits per heavy atom. The van der Waals surface area contributed by atoms with Gasteiger partial charge in [-0.25, -0.2) is 4.99 Å². The minimum absolute atomic E-state index is 0. The van der Waals surface area contributed by atoms with E-state index in [1.54, 1.807) is 6.07 Å². The van der Waals surface area contributed by atoms with Crippen LogP contribution in [0.2, 0.25) is 0 Å². The SMILES string of the molecule is CCNC(=NCc1cccc(C(F)(F)F)c1)NCCCc1nc(C(C)C)no1.I. The molecule has 1 aromatic carbocycles. The lowest BCUT2D eigenvalue weighted by atomic mass is 10.1. The molecule has 0 saturated carbocycles. The summed E-state index contributed by atoms with van der Waals surface area (Å²) in [6, 6.07) is 5.20. The first-order valence-electron chi connectivity index (χ1n) is 9.30. The molecule has 0 amide bonds. The van der Waals surface area contributed by atoms with Gasteiger partial charge >= 0.3 is 6.18 Å². The van der Waals surface area contributed by atoms with Crippen molar-refractivity contribution < 1.29 is 17.7 Å². The number of nitrogens with one attached hydrogen (secondary N) is 2. The third-order valence-corrected chi connectivity index (χ3v) is 3.88. The number of rotatable bonds is 8. The van der Waals surface area contributed by atoms with E-state index in [-0.39, 0.29) is 36.4 Å². The van der Waals surface area contributed by atoms with E-state index >= 15 is 0 Å². The van der Waals surface area contributed by atoms with Crippen LogP contribution in [0.5, 0.6) is 0 Å². The van der Waals surface area contributed by atoms with Crippen molar-refractivity contribution in [2.75, 3.05) is 13.1 Å². The lowest BCUT2D eigenvalue weighted by molar-refractivity contribution is -0.137. The first kappa shape index (κ1) is 25.2. The van der Waals surface area contributed by atoms with Gasteiger partial charge in [0, 0.05) is 25.4 Å². The molecule has 0 aliphatic rings. The lowest BCUT2D eigenvalue weighted by Crippen LogP contribution is -2.37. The highest BCUT2D eigenvalue weighted by Gasteiger charge is 2.30. The monoisotopic (exact) mass is 525 g/mol. The quantitative estimate of drug-likeness (QED) is 0.230. The number of hydrogen-bond donors (Lipinski definition) is 2. The summed E-state index contributed by atoms with van der Waals surface area (Å²) in [7, 11) is 0. The summed E-state index contributed by atoms with van der Waals surface area (Å²) >= 11 is 0. The van der Waals surface area contributed by atoms with E-state index in [9.17, 15) is 13.2 Å². The summed E-state index contributed by atoms with van der Waals surface area (Å²) in [5.41, 5.74) is -0.169. The number of alkyl halides is 3. The molecule has 29 heavy (non-hydrogen) atoms. The summed E-state index contributed by atoms with van der Waals surface area (Å²) in [4.78, 5) is 8.68. The van der Waals surface area contributed by atoms with E-state index in [2.05, 4.69) is 25.8 Å². The van der Waals surface area contributed by atoms with Gasteiger partial charge in [-0.1, -0.05) is 31.1 Å². The summed E-state index contributed by atoms with van der Waals surface area (Å²) in [5.74, 6) is 2.06. The third kappa shape index (κ3) is 8.58. The van der Waals surface area contributed by atoms with Gasteiger partial charge in [0.2, 0.25) is 5.89 Å². The average molecular weight is 525 g/mol. The number of aliphatic imine (C=N–C) groups is 1. The number of nitrogens with zero attached hydrogens (tertiary/aromatic N) is 3. The third-order valence-electron chi connectivity index (χ3n) is 3.88. The largest absolute Gasteiger partial charge is 0.416 e. The molecule has 0 spiro atoms. The Labute approximate surface area is 185 Å². The van der Waals surface area contributed by atoms with E-state index in [1.165, 1.54) is 6.07 Å². The van der Waals surface area contributed by atoms with Crippen molar-refractivity contribution in [1.29, 1.82) is 0 Å². The predicted octanol–water partition coefficient (Wildman–Crippen LogP) is 4.52. The highest BCUT2D eigenvalue weighted by atomic mass is 127. The molecule has 0 aliphatic carbocycles. The molecule has 0 bridgehead atoms. The van der Waals surface area contributed by atoms with Gasteiger partial charge in [-0.15, -0.1) is 24.0 Å². The van der Waals surface area contributed by atoms with Crippen LogP contribution < -0.4 is 10.6 Å². The molecular formula is C19H27F3IN5O. The zero-order chi connectivity index (χ0) is 20.6. The molecule has 6 nitrogen and oxygen atoms in total. The molecule has 162 valence electrons. The van der Waals surface area contributed by atoms with E-state index in [4.69, 9.17) is 4.52 Å². The Morgan fingerprint density at radius 2 is 2.00 bits per heavy atom. The molecule has 1 heterocycles. The molecule has 10 heteroatoms. The van der Waals surface area contributed by atoms with Crippen molar-refractivity contribution in [1.82, 2.24) is 20.8 Å². The van der Waals surface area contributed by atoms with Gasteiger partial charge in [-0.2, -0.15) is 18.2 Å². The van der Waals surface area contributed by atoms with Crippen LogP contribution in [0.3, 0.4) is 0 Å². The van der Waals surface area contributed by atoms with Gasteiger partial charge in [-0.3, -0.25) is 0 Å². The molecule has 0 aliphatic heterocycles. The Hall–Kier alpha value is -1.85. The van der Waals surface area contributed by atoms with Crippen molar-refractivity contribution >= 4 is 29.9 Å². The van der Waals surface area contributed by atoms with Crippen molar-refractivity contribution in [3.05, 3.63) is 47.1 Å². The van der Waals surface area contributed by atoms with Crippen LogP contribution in [0, 0.1) is 0 Å². The van der Waals surface area contributed by atoms with Crippen molar-refractivity contribution in [3.8, 4) is 0 Å². The smallest absolute Gasteiger partial charge is 0.357 e. The normalized spacial score (nSPS) is 12.0. The van der Waals surface area contributed by atoms with Crippen LogP contribution in [0.1, 0.15) is 56.0 Å². The molecule has 1 aromatic heterocycles. The highest BCUT2D eigenvalue weighted by molar-refractivity contribution is 14.0. The molecule has 0 fully saturated rings. The van der Waals surface area contributed by atoms with Gasteiger partial charge in [0.05, 0.1) is 12.1 Å². The van der Waals surface area contributed by atoms with Crippen molar-refractivity contribution in [2.45, 2.75) is 52.3 Å². The molecule has 0 atom stereocenters. The molecule has 2 aromatic rings. The van der Waals surface area contributed by atoms with E-state index < -0.39 is 11.7 Å². The van der Waals surface area contributed by atoms with Gasteiger partial charge in [0.15, 0.2) is 11.8 Å². The first-order valence-corrected chi connectivity index (χ1v) is 9.30. The van der Waals surface area contributed by atoms with E-state index in [0.717, 1.165) is 18.6 Å². The molecule has 0 unspecified atom stereocenters. The van der Waals surface area contributed by atoms with Crippen LogP contribution in [-0.4, -0.2) is 29.2 Å². The van der Waals surface area contributed by atoms with Crippen molar-refractivity contribution in [3.63, 3.8) is 0 Å². The van der Waals surface area contributed by atoms with Crippen LogP contribution in [0.15, 0.2) is 33.8 Å². The topological polar surface area (TPSA) is 75.3 Å². The van der Waals surface area contributed by atoms with Crippen LogP contribution >= 0.6 is 24.0 Å². The minimum Gasteiger partial charge on any atom is -0.357 e. The second kappa shape index (κ2) is 12.0. The predicted molar refractivity (Wildman–Crippen MR) is 116 cm³/mol. The van der Waals surface area contributed by atoms with Crippen LogP contribution in [0.25, 0.3) is 0 Å². The summed E-state index contributed by atoms with van der Waals surface area (Å²) < 4.78 is 43.6. The summed E-state index contributed by atoms with van der Waals surface area (Å²) in [5, 5.41) is 10.2. The number of aryl methyl sites for hydroxylation is 1. The fourth-order valence-electron chi connectivity index (χ4n) is 2.41. The Balaban J connectivity index is 0.00000420. The molecule has 0 radical (unpaired) electrons. The number of hydrogen-bond acceptors (Lipinski definition) is 4. The zero-order valence-corrected chi connectivity index (χ0v) is 19.0. The maximum atomic E-state index is 12.8. The van der Waals surface area contributed by atoms with Gasteiger partial charge in [0.25, 0.3) is 0 Å². The van der Waals surface area contributed by atoms with Crippen LogP contribution in [0.4, 0.5) is 13.2 Å². The number of aromatic nitrogens is 2. The summed E-state index contributed by atoms with van der Waals surface area (Å²) in [6.45, 7) is 7.34. The molecule has 2 N–H and O–H groups in total. The molecule has 2 rings (SSSR count). The fraction of sp³-hybridized carbons (Fsp3) is 0.526. The highest BCUT2D eigenvalue weighted by Crippen LogP contribution is 2.29. The standard InChI is InChI=1S/C19H26F3N5O.HI/c1-4-23-18(24-10-6-9-16-26-17(13(2)3)27-28-16)25-12-14-7-5-8-15(11-14)19(20,21)22;/h5,7-8,11,13H,4,6,9-10,12H2,1-3H3,(H2,23,24,25);1H. The van der Waals surface area contributed by atoms with Gasteiger partial charge < -0.3 is 15.2 Å². The Kier molecular flexibility index (Phi) is 10.4.